The van der Waals surface area contributed by atoms with Gasteiger partial charge in [0.1, 0.15) is 5.69 Å². The molecule has 0 fully saturated rings. The SMILES string of the molecule is Nc1ccc2c(c1Cl)Nc1ccccc1O2. The van der Waals surface area contributed by atoms with E-state index in [1.54, 1.807) is 12.1 Å². The smallest absolute Gasteiger partial charge is 0.152 e. The number of hydrogen-bond donors (Lipinski definition) is 2. The van der Waals surface area contributed by atoms with Gasteiger partial charge in [-0.3, -0.25) is 0 Å². The molecule has 0 atom stereocenters. The summed E-state index contributed by atoms with van der Waals surface area (Å²) in [4.78, 5) is 0. The molecule has 3 N–H and O–H groups in total. The Bertz CT molecular complexity index is 569. The van der Waals surface area contributed by atoms with Crippen molar-refractivity contribution in [2.45, 2.75) is 0 Å². The van der Waals surface area contributed by atoms with Gasteiger partial charge in [-0.05, 0) is 24.3 Å². The van der Waals surface area contributed by atoms with E-state index in [0.29, 0.717) is 16.5 Å². The molecule has 3 rings (SSSR count). The van der Waals surface area contributed by atoms with E-state index >= 15 is 0 Å². The maximum atomic E-state index is 6.11. The molecule has 1 aliphatic rings. The van der Waals surface area contributed by atoms with Crippen LogP contribution in [0.2, 0.25) is 5.02 Å². The molecule has 0 saturated heterocycles. The molecule has 0 bridgehead atoms. The summed E-state index contributed by atoms with van der Waals surface area (Å²) in [5.74, 6) is 1.48. The molecule has 0 spiro atoms. The molecular formula is C12H9ClN2O. The monoisotopic (exact) mass is 232 g/mol. The molecular weight excluding hydrogens is 224 g/mol. The highest BCUT2D eigenvalue weighted by Gasteiger charge is 2.19. The third kappa shape index (κ3) is 1.29. The largest absolute Gasteiger partial charge is 0.453 e. The van der Waals surface area contributed by atoms with Crippen LogP contribution in [0.5, 0.6) is 11.5 Å². The number of benzene rings is 2. The summed E-state index contributed by atoms with van der Waals surface area (Å²) in [6.45, 7) is 0. The number of para-hydroxylation sites is 2. The van der Waals surface area contributed by atoms with Gasteiger partial charge in [-0.2, -0.15) is 0 Å². The fourth-order valence-electron chi connectivity index (χ4n) is 1.69. The number of fused-ring (bicyclic) bond motifs is 2. The number of nitrogens with two attached hydrogens (primary N) is 1. The summed E-state index contributed by atoms with van der Waals surface area (Å²) in [6, 6.07) is 11.2. The van der Waals surface area contributed by atoms with Crippen LogP contribution in [0, 0.1) is 0 Å². The molecule has 16 heavy (non-hydrogen) atoms. The Kier molecular flexibility index (Phi) is 1.94. The van der Waals surface area contributed by atoms with Crippen LogP contribution < -0.4 is 15.8 Å². The predicted molar refractivity (Wildman–Crippen MR) is 65.7 cm³/mol. The van der Waals surface area contributed by atoms with E-state index in [9.17, 15) is 0 Å². The zero-order valence-corrected chi connectivity index (χ0v) is 9.08. The number of halogens is 1. The molecule has 0 aromatic heterocycles. The Labute approximate surface area is 97.8 Å². The maximum absolute atomic E-state index is 6.11. The fourth-order valence-corrected chi connectivity index (χ4v) is 1.89. The van der Waals surface area contributed by atoms with Crippen LogP contribution in [0.4, 0.5) is 17.1 Å². The molecule has 0 amide bonds. The van der Waals surface area contributed by atoms with E-state index in [0.717, 1.165) is 17.1 Å². The number of hydrogen-bond acceptors (Lipinski definition) is 3. The molecule has 0 unspecified atom stereocenters. The van der Waals surface area contributed by atoms with Crippen molar-refractivity contribution < 1.29 is 4.74 Å². The van der Waals surface area contributed by atoms with Gasteiger partial charge < -0.3 is 15.8 Å². The molecule has 0 saturated carbocycles. The second kappa shape index (κ2) is 3.32. The quantitative estimate of drug-likeness (QED) is 0.580. The lowest BCUT2D eigenvalue weighted by Gasteiger charge is -2.22. The average Bonchev–Trinajstić information content (AvgIpc) is 2.32. The van der Waals surface area contributed by atoms with Crippen molar-refractivity contribution in [3.8, 4) is 11.5 Å². The summed E-state index contributed by atoms with van der Waals surface area (Å²) in [7, 11) is 0. The molecule has 1 aliphatic heterocycles. The van der Waals surface area contributed by atoms with Gasteiger partial charge in [0.2, 0.25) is 0 Å². The summed E-state index contributed by atoms with van der Waals surface area (Å²) < 4.78 is 5.71. The molecule has 0 radical (unpaired) electrons. The standard InChI is InChI=1S/C12H9ClN2O/c13-11-7(14)5-6-10-12(11)15-8-3-1-2-4-9(8)16-10/h1-6,15H,14H2. The molecule has 0 aliphatic carbocycles. The third-order valence-corrected chi connectivity index (χ3v) is 2.91. The van der Waals surface area contributed by atoms with Crippen molar-refractivity contribution in [2.75, 3.05) is 11.1 Å². The summed E-state index contributed by atoms with van der Waals surface area (Å²) in [5, 5.41) is 3.71. The van der Waals surface area contributed by atoms with Gasteiger partial charge in [0, 0.05) is 0 Å². The van der Waals surface area contributed by atoms with Gasteiger partial charge in [-0.25, -0.2) is 0 Å². The number of nitrogen functional groups attached to an aromatic ring is 1. The van der Waals surface area contributed by atoms with Crippen molar-refractivity contribution in [3.63, 3.8) is 0 Å². The molecule has 2 aromatic rings. The lowest BCUT2D eigenvalue weighted by molar-refractivity contribution is 0.481. The normalized spacial score (nSPS) is 12.1. The van der Waals surface area contributed by atoms with Crippen LogP contribution in [-0.4, -0.2) is 0 Å². The number of rotatable bonds is 0. The summed E-state index contributed by atoms with van der Waals surface area (Å²) in [5.41, 5.74) is 7.89. The molecule has 80 valence electrons. The van der Waals surface area contributed by atoms with Crippen molar-refractivity contribution >= 4 is 28.7 Å². The Morgan fingerprint density at radius 2 is 1.88 bits per heavy atom. The van der Waals surface area contributed by atoms with E-state index < -0.39 is 0 Å². The zero-order chi connectivity index (χ0) is 11.1. The van der Waals surface area contributed by atoms with Gasteiger partial charge in [0.05, 0.1) is 16.4 Å². The van der Waals surface area contributed by atoms with Gasteiger partial charge in [-0.1, -0.05) is 23.7 Å². The topological polar surface area (TPSA) is 47.3 Å². The van der Waals surface area contributed by atoms with Crippen LogP contribution >= 0.6 is 11.6 Å². The number of nitrogens with one attached hydrogen (secondary N) is 1. The van der Waals surface area contributed by atoms with E-state index in [1.165, 1.54) is 0 Å². The van der Waals surface area contributed by atoms with Crippen LogP contribution in [0.3, 0.4) is 0 Å². The minimum absolute atomic E-state index is 0.493. The highest BCUT2D eigenvalue weighted by molar-refractivity contribution is 6.36. The molecule has 3 nitrogen and oxygen atoms in total. The predicted octanol–water partition coefficient (Wildman–Crippen LogP) is 3.77. The Hall–Kier alpha value is -1.87. The first-order valence-corrected chi connectivity index (χ1v) is 5.25. The minimum Gasteiger partial charge on any atom is -0.453 e. The average molecular weight is 233 g/mol. The summed E-state index contributed by atoms with van der Waals surface area (Å²) in [6.07, 6.45) is 0. The Balaban J connectivity index is 2.16. The van der Waals surface area contributed by atoms with E-state index in [4.69, 9.17) is 22.1 Å². The van der Waals surface area contributed by atoms with Crippen LogP contribution in [0.15, 0.2) is 36.4 Å². The molecule has 4 heteroatoms. The first-order chi connectivity index (χ1) is 7.75. The van der Waals surface area contributed by atoms with Crippen LogP contribution in [0.1, 0.15) is 0 Å². The van der Waals surface area contributed by atoms with Crippen molar-refractivity contribution in [1.82, 2.24) is 0 Å². The van der Waals surface area contributed by atoms with Crippen LogP contribution in [0.25, 0.3) is 0 Å². The number of ether oxygens (including phenoxy) is 1. The molecule has 2 aromatic carbocycles. The number of anilines is 3. The van der Waals surface area contributed by atoms with Crippen molar-refractivity contribution in [1.29, 1.82) is 0 Å². The fraction of sp³-hybridized carbons (Fsp3) is 0. The van der Waals surface area contributed by atoms with Gasteiger partial charge in [0.25, 0.3) is 0 Å². The summed E-state index contributed by atoms with van der Waals surface area (Å²) >= 11 is 6.11. The first kappa shape index (κ1) is 9.36. The van der Waals surface area contributed by atoms with Crippen molar-refractivity contribution in [3.05, 3.63) is 41.4 Å². The Morgan fingerprint density at radius 1 is 1.06 bits per heavy atom. The first-order valence-electron chi connectivity index (χ1n) is 4.87. The van der Waals surface area contributed by atoms with Gasteiger partial charge in [-0.15, -0.1) is 0 Å². The van der Waals surface area contributed by atoms with E-state index in [1.807, 2.05) is 24.3 Å². The highest BCUT2D eigenvalue weighted by atomic mass is 35.5. The second-order valence-corrected chi connectivity index (χ2v) is 3.94. The lowest BCUT2D eigenvalue weighted by Crippen LogP contribution is -2.04. The lowest BCUT2D eigenvalue weighted by atomic mass is 10.2. The van der Waals surface area contributed by atoms with Gasteiger partial charge >= 0.3 is 0 Å². The second-order valence-electron chi connectivity index (χ2n) is 3.57. The third-order valence-electron chi connectivity index (χ3n) is 2.50. The van der Waals surface area contributed by atoms with Crippen LogP contribution in [-0.2, 0) is 0 Å². The zero-order valence-electron chi connectivity index (χ0n) is 8.33. The van der Waals surface area contributed by atoms with E-state index in [-0.39, 0.29) is 0 Å². The molecule has 1 heterocycles. The Morgan fingerprint density at radius 3 is 2.75 bits per heavy atom. The minimum atomic E-state index is 0.493. The van der Waals surface area contributed by atoms with Gasteiger partial charge in [0.15, 0.2) is 11.5 Å². The van der Waals surface area contributed by atoms with Crippen molar-refractivity contribution in [2.24, 2.45) is 0 Å². The van der Waals surface area contributed by atoms with E-state index in [2.05, 4.69) is 5.32 Å². The maximum Gasteiger partial charge on any atom is 0.152 e. The highest BCUT2D eigenvalue weighted by Crippen LogP contribution is 2.46.